The fourth-order valence-electron chi connectivity index (χ4n) is 1.31. The van der Waals surface area contributed by atoms with E-state index in [1.54, 1.807) is 14.2 Å². The van der Waals surface area contributed by atoms with E-state index in [9.17, 15) is 0 Å². The van der Waals surface area contributed by atoms with E-state index in [4.69, 9.17) is 17.2 Å². The third kappa shape index (κ3) is 2.60. The van der Waals surface area contributed by atoms with Gasteiger partial charge in [0.15, 0.2) is 0 Å². The Morgan fingerprint density at radius 2 is 2.15 bits per heavy atom. The molecule has 0 bridgehead atoms. The Labute approximate surface area is 94.4 Å². The van der Waals surface area contributed by atoms with Gasteiger partial charge in [0.2, 0.25) is 0 Å². The highest BCUT2D eigenvalue weighted by Crippen LogP contribution is 2.32. The summed E-state index contributed by atoms with van der Waals surface area (Å²) >= 11 is 2.33. The molecule has 0 fully saturated rings. The second kappa shape index (κ2) is 4.66. The van der Waals surface area contributed by atoms with E-state index < -0.39 is 0 Å². The Bertz CT molecular complexity index is 238. The minimum absolute atomic E-state index is 0.135. The van der Waals surface area contributed by atoms with Crippen LogP contribution in [-0.2, 0) is 9.31 Å². The molecule has 1 aliphatic carbocycles. The zero-order valence-corrected chi connectivity index (χ0v) is 9.95. The average molecular weight is 288 g/mol. The number of hydrogen-bond acceptors (Lipinski definition) is 2. The molecular formula is C8H11B2IO2. The summed E-state index contributed by atoms with van der Waals surface area (Å²) in [7, 11) is 8.69. The molecule has 1 atom stereocenters. The first-order valence-corrected chi connectivity index (χ1v) is 5.09. The lowest BCUT2D eigenvalue weighted by molar-refractivity contribution is 0.269. The molecule has 13 heavy (non-hydrogen) atoms. The lowest BCUT2D eigenvalue weighted by Crippen LogP contribution is -2.43. The van der Waals surface area contributed by atoms with E-state index in [2.05, 4.69) is 22.6 Å². The Kier molecular flexibility index (Phi) is 4.06. The number of hydrogen-bond donors (Lipinski definition) is 0. The van der Waals surface area contributed by atoms with Crippen molar-refractivity contribution in [2.75, 3.05) is 14.2 Å². The van der Waals surface area contributed by atoms with Crippen LogP contribution in [-0.4, -0.2) is 32.5 Å². The number of allylic oxidation sites excluding steroid dienone is 4. The predicted molar refractivity (Wildman–Crippen MR) is 64.1 cm³/mol. The largest absolute Gasteiger partial charge is 0.478 e. The second-order valence-corrected chi connectivity index (χ2v) is 4.98. The summed E-state index contributed by atoms with van der Waals surface area (Å²) in [5.74, 6) is 0. The highest BCUT2D eigenvalue weighted by Gasteiger charge is 2.40. The van der Waals surface area contributed by atoms with Gasteiger partial charge in [0, 0.05) is 14.2 Å². The molecule has 0 aromatic heterocycles. The Morgan fingerprint density at radius 3 is 2.54 bits per heavy atom. The molecule has 0 spiro atoms. The molecule has 1 rings (SSSR count). The third-order valence-corrected chi connectivity index (χ3v) is 3.33. The lowest BCUT2D eigenvalue weighted by Gasteiger charge is -2.28. The highest BCUT2D eigenvalue weighted by atomic mass is 127. The zero-order chi connectivity index (χ0) is 9.90. The monoisotopic (exact) mass is 288 g/mol. The van der Waals surface area contributed by atoms with Crippen molar-refractivity contribution in [1.29, 1.82) is 0 Å². The van der Waals surface area contributed by atoms with E-state index in [0.29, 0.717) is 0 Å². The minimum atomic E-state index is -0.228. The Morgan fingerprint density at radius 1 is 1.54 bits per heavy atom. The van der Waals surface area contributed by atoms with Crippen LogP contribution in [0, 0.1) is 0 Å². The molecule has 2 radical (unpaired) electrons. The van der Waals surface area contributed by atoms with Gasteiger partial charge in [0.05, 0.1) is 3.32 Å². The van der Waals surface area contributed by atoms with E-state index >= 15 is 0 Å². The molecule has 0 unspecified atom stereocenters. The van der Waals surface area contributed by atoms with Gasteiger partial charge in [0.1, 0.15) is 7.85 Å². The lowest BCUT2D eigenvalue weighted by atomic mass is 9.66. The third-order valence-electron chi connectivity index (χ3n) is 2.02. The zero-order valence-electron chi connectivity index (χ0n) is 7.79. The first-order chi connectivity index (χ1) is 6.12. The van der Waals surface area contributed by atoms with Crippen LogP contribution >= 0.6 is 22.6 Å². The second-order valence-electron chi connectivity index (χ2n) is 2.97. The molecule has 0 heterocycles. The van der Waals surface area contributed by atoms with Crippen LogP contribution in [0.4, 0.5) is 0 Å². The molecule has 5 heteroatoms. The number of alkyl halides is 1. The summed E-state index contributed by atoms with van der Waals surface area (Å²) in [6, 6.07) is 0. The summed E-state index contributed by atoms with van der Waals surface area (Å²) in [5, 5.41) is 0. The Balaban J connectivity index is 2.73. The van der Waals surface area contributed by atoms with E-state index in [1.807, 2.05) is 18.2 Å². The van der Waals surface area contributed by atoms with Crippen molar-refractivity contribution in [2.45, 2.75) is 9.74 Å². The maximum absolute atomic E-state index is 5.63. The van der Waals surface area contributed by atoms with Crippen LogP contribution in [0.5, 0.6) is 0 Å². The van der Waals surface area contributed by atoms with Gasteiger partial charge in [-0.05, 0) is 6.42 Å². The highest BCUT2D eigenvalue weighted by molar-refractivity contribution is 14.1. The van der Waals surface area contributed by atoms with Crippen molar-refractivity contribution in [3.05, 3.63) is 23.7 Å². The van der Waals surface area contributed by atoms with Crippen molar-refractivity contribution >= 4 is 37.6 Å². The fraction of sp³-hybridized carbons (Fsp3) is 0.500. The summed E-state index contributed by atoms with van der Waals surface area (Å²) in [4.78, 5) is 0. The maximum Gasteiger partial charge on any atom is 0.478 e. The van der Waals surface area contributed by atoms with Gasteiger partial charge in [-0.25, -0.2) is 0 Å². The predicted octanol–water partition coefficient (Wildman–Crippen LogP) is 1.49. The van der Waals surface area contributed by atoms with Crippen molar-refractivity contribution < 1.29 is 9.31 Å². The van der Waals surface area contributed by atoms with Gasteiger partial charge in [-0.3, -0.25) is 0 Å². The van der Waals surface area contributed by atoms with Crippen LogP contribution in [0.15, 0.2) is 23.7 Å². The first kappa shape index (κ1) is 11.3. The molecule has 0 saturated carbocycles. The molecule has 1 aliphatic rings. The van der Waals surface area contributed by atoms with E-state index in [0.717, 1.165) is 11.9 Å². The summed E-state index contributed by atoms with van der Waals surface area (Å²) in [6.07, 6.45) is 6.74. The maximum atomic E-state index is 5.63. The van der Waals surface area contributed by atoms with Crippen LogP contribution < -0.4 is 0 Å². The number of rotatable bonds is 3. The molecule has 0 aromatic carbocycles. The molecule has 0 aliphatic heterocycles. The standard InChI is InChI=1S/C8H11B2IO2/c1-12-10(13-2)8(11)5-3-7(9)4-6-8/h3-5H,6H2,1-2H3/t8-/m1/s1. The molecule has 0 saturated heterocycles. The summed E-state index contributed by atoms with van der Waals surface area (Å²) in [5.41, 5.74) is 0.804. The van der Waals surface area contributed by atoms with Gasteiger partial charge in [-0.1, -0.05) is 40.8 Å². The summed E-state index contributed by atoms with van der Waals surface area (Å²) in [6.45, 7) is 0. The normalized spacial score (nSPS) is 27.2. The van der Waals surface area contributed by atoms with Crippen LogP contribution in [0.3, 0.4) is 0 Å². The molecule has 0 aromatic rings. The molecule has 0 N–H and O–H groups in total. The Hall–Kier alpha value is 0.260. The van der Waals surface area contributed by atoms with Crippen LogP contribution in [0.25, 0.3) is 0 Å². The van der Waals surface area contributed by atoms with Crippen molar-refractivity contribution in [1.82, 2.24) is 0 Å². The molecule has 0 amide bonds. The van der Waals surface area contributed by atoms with Gasteiger partial charge < -0.3 is 9.31 Å². The van der Waals surface area contributed by atoms with Gasteiger partial charge >= 0.3 is 7.12 Å². The van der Waals surface area contributed by atoms with Gasteiger partial charge in [-0.15, -0.1) is 5.47 Å². The summed E-state index contributed by atoms with van der Waals surface area (Å²) < 4.78 is 10.3. The average Bonchev–Trinajstić information content (AvgIpc) is 2.13. The number of halogens is 1. The first-order valence-electron chi connectivity index (χ1n) is 4.02. The van der Waals surface area contributed by atoms with Crippen molar-refractivity contribution in [2.24, 2.45) is 0 Å². The molecule has 68 valence electrons. The van der Waals surface area contributed by atoms with Crippen molar-refractivity contribution in [3.8, 4) is 0 Å². The van der Waals surface area contributed by atoms with Gasteiger partial charge in [0.25, 0.3) is 0 Å². The SMILES string of the molecule is [B]C1=CC[C@@](I)(B(OC)OC)C=C1. The topological polar surface area (TPSA) is 18.5 Å². The fourth-order valence-corrected chi connectivity index (χ4v) is 2.22. The van der Waals surface area contributed by atoms with E-state index in [-0.39, 0.29) is 10.4 Å². The van der Waals surface area contributed by atoms with Crippen LogP contribution in [0.1, 0.15) is 6.42 Å². The van der Waals surface area contributed by atoms with E-state index in [1.165, 1.54) is 0 Å². The molecule has 2 nitrogen and oxygen atoms in total. The van der Waals surface area contributed by atoms with Crippen LogP contribution in [0.2, 0.25) is 0 Å². The quantitative estimate of drug-likeness (QED) is 0.445. The molecular weight excluding hydrogens is 277 g/mol. The van der Waals surface area contributed by atoms with Gasteiger partial charge in [-0.2, -0.15) is 0 Å². The smallest absolute Gasteiger partial charge is 0.413 e. The van der Waals surface area contributed by atoms with Crippen molar-refractivity contribution in [3.63, 3.8) is 0 Å². The minimum Gasteiger partial charge on any atom is -0.413 e.